The molecular weight excluding hydrogens is 686 g/mol. The quantitative estimate of drug-likeness (QED) is 0.0974. The van der Waals surface area contributed by atoms with Gasteiger partial charge in [-0.2, -0.15) is 0 Å². The van der Waals surface area contributed by atoms with Crippen LogP contribution in [0.15, 0.2) is 119 Å². The molecule has 45 heavy (non-hydrogen) atoms. The third-order valence-electron chi connectivity index (χ3n) is 6.48. The van der Waals surface area contributed by atoms with Gasteiger partial charge < -0.3 is 0 Å². The predicted molar refractivity (Wildman–Crippen MR) is 190 cm³/mol. The monoisotopic (exact) mass is 708 g/mol. The van der Waals surface area contributed by atoms with Gasteiger partial charge in [-0.25, -0.2) is 19.9 Å². The lowest BCUT2D eigenvalue weighted by Gasteiger charge is -2.10. The molecular formula is C34H24Cl4N4OS2. The Morgan fingerprint density at radius 2 is 1.16 bits per heavy atom. The first-order valence-electron chi connectivity index (χ1n) is 13.4. The molecule has 0 aliphatic rings. The molecule has 0 saturated carbocycles. The Labute approximate surface area is 288 Å². The third-order valence-corrected chi connectivity index (χ3v) is 9.55. The number of aromatic nitrogens is 4. The highest BCUT2D eigenvalue weighted by molar-refractivity contribution is 7.98. The van der Waals surface area contributed by atoms with Crippen LogP contribution in [0, 0.1) is 0 Å². The largest absolute Gasteiger partial charge is 0.255 e. The van der Waals surface area contributed by atoms with Gasteiger partial charge in [0.25, 0.3) is 0 Å². The number of benzene rings is 4. The molecule has 0 N–H and O–H groups in total. The van der Waals surface area contributed by atoms with Gasteiger partial charge >= 0.3 is 0 Å². The highest BCUT2D eigenvalue weighted by Gasteiger charge is 2.16. The lowest BCUT2D eigenvalue weighted by molar-refractivity contribution is 0.687. The van der Waals surface area contributed by atoms with Crippen molar-refractivity contribution in [3.05, 3.63) is 130 Å². The maximum atomic E-state index is 12.1. The highest BCUT2D eigenvalue weighted by Crippen LogP contribution is 2.36. The summed E-state index contributed by atoms with van der Waals surface area (Å²) in [5.41, 5.74) is 5.60. The maximum Gasteiger partial charge on any atom is 0.223 e. The van der Waals surface area contributed by atoms with Crippen molar-refractivity contribution < 1.29 is 4.21 Å². The second-order valence-electron chi connectivity index (χ2n) is 9.43. The molecule has 4 aromatic carbocycles. The van der Waals surface area contributed by atoms with Crippen LogP contribution in [0.4, 0.5) is 0 Å². The lowest BCUT2D eigenvalue weighted by atomic mass is 10.1. The normalized spacial score (nSPS) is 11.4. The predicted octanol–water partition coefficient (Wildman–Crippen LogP) is 10.7. The van der Waals surface area contributed by atoms with Crippen LogP contribution < -0.4 is 0 Å². The number of halogens is 4. The average molecular weight is 711 g/mol. The number of nitrogens with zero attached hydrogens (tertiary/aromatic N) is 4. The minimum Gasteiger partial charge on any atom is -0.255 e. The molecule has 0 amide bonds. The van der Waals surface area contributed by atoms with Gasteiger partial charge in [-0.1, -0.05) is 114 Å². The van der Waals surface area contributed by atoms with Gasteiger partial charge in [0.15, 0.2) is 5.82 Å². The molecule has 5 nitrogen and oxygen atoms in total. The summed E-state index contributed by atoms with van der Waals surface area (Å²) in [6.45, 7) is 0. The highest BCUT2D eigenvalue weighted by atomic mass is 35.5. The van der Waals surface area contributed by atoms with Crippen LogP contribution in [-0.4, -0.2) is 36.7 Å². The van der Waals surface area contributed by atoms with Gasteiger partial charge in [0, 0.05) is 39.5 Å². The van der Waals surface area contributed by atoms with E-state index in [-0.39, 0.29) is 5.28 Å². The smallest absolute Gasteiger partial charge is 0.223 e. The number of hydrogen-bond donors (Lipinski definition) is 0. The van der Waals surface area contributed by atoms with Gasteiger partial charge in [0.1, 0.15) is 5.15 Å². The molecule has 0 saturated heterocycles. The molecule has 0 spiro atoms. The summed E-state index contributed by atoms with van der Waals surface area (Å²) in [6, 6.07) is 34.2. The molecule has 2 aromatic heterocycles. The molecule has 226 valence electrons. The summed E-state index contributed by atoms with van der Waals surface area (Å²) < 4.78 is 12.1. The lowest BCUT2D eigenvalue weighted by Crippen LogP contribution is -1.97. The molecule has 0 fully saturated rings. The van der Waals surface area contributed by atoms with Crippen molar-refractivity contribution in [3.63, 3.8) is 0 Å². The number of rotatable bonds is 6. The van der Waals surface area contributed by atoms with E-state index in [0.717, 1.165) is 27.3 Å². The maximum absolute atomic E-state index is 12.1. The molecule has 0 aliphatic heterocycles. The van der Waals surface area contributed by atoms with E-state index in [2.05, 4.69) is 19.9 Å². The average Bonchev–Trinajstić information content (AvgIpc) is 3.05. The summed E-state index contributed by atoms with van der Waals surface area (Å²) in [5, 5.41) is 1.68. The van der Waals surface area contributed by atoms with E-state index in [4.69, 9.17) is 46.4 Å². The van der Waals surface area contributed by atoms with Crippen molar-refractivity contribution in [1.29, 1.82) is 0 Å². The minimum absolute atomic E-state index is 0.133. The first kappa shape index (κ1) is 33.1. The van der Waals surface area contributed by atoms with Crippen LogP contribution in [0.2, 0.25) is 20.5 Å². The molecule has 6 aromatic rings. The first-order valence-corrected chi connectivity index (χ1v) is 17.7. The van der Waals surface area contributed by atoms with Gasteiger partial charge in [-0.05, 0) is 42.1 Å². The Hall–Kier alpha value is -3.30. The molecule has 1 unspecified atom stereocenters. The van der Waals surface area contributed by atoms with Gasteiger partial charge in [0.2, 0.25) is 5.28 Å². The van der Waals surface area contributed by atoms with Crippen LogP contribution in [0.25, 0.3) is 45.2 Å². The van der Waals surface area contributed by atoms with E-state index < -0.39 is 10.8 Å². The summed E-state index contributed by atoms with van der Waals surface area (Å²) >= 11 is 26.3. The van der Waals surface area contributed by atoms with Gasteiger partial charge in [-0.3, -0.25) is 4.21 Å². The topological polar surface area (TPSA) is 68.6 Å². The first-order chi connectivity index (χ1) is 21.7. The summed E-state index contributed by atoms with van der Waals surface area (Å²) in [7, 11) is -1.25. The zero-order valence-corrected chi connectivity index (χ0v) is 28.6. The van der Waals surface area contributed by atoms with Gasteiger partial charge in [-0.15, -0.1) is 11.8 Å². The van der Waals surface area contributed by atoms with Crippen LogP contribution >= 0.6 is 58.2 Å². The summed E-state index contributed by atoms with van der Waals surface area (Å²) in [5.74, 6) is 0.582. The van der Waals surface area contributed by atoms with E-state index in [1.807, 2.05) is 97.3 Å². The zero-order valence-electron chi connectivity index (χ0n) is 23.9. The Balaban J connectivity index is 0.000000178. The fourth-order valence-electron chi connectivity index (χ4n) is 4.50. The van der Waals surface area contributed by atoms with Crippen LogP contribution in [0.5, 0.6) is 0 Å². The van der Waals surface area contributed by atoms with Crippen molar-refractivity contribution >= 4 is 69.0 Å². The van der Waals surface area contributed by atoms with Crippen LogP contribution in [-0.2, 0) is 10.8 Å². The van der Waals surface area contributed by atoms with E-state index in [0.29, 0.717) is 42.9 Å². The Bertz CT molecular complexity index is 1980. The van der Waals surface area contributed by atoms with Crippen LogP contribution in [0.1, 0.15) is 0 Å². The molecule has 1 atom stereocenters. The Kier molecular flexibility index (Phi) is 11.3. The molecule has 2 heterocycles. The molecule has 0 aliphatic carbocycles. The summed E-state index contributed by atoms with van der Waals surface area (Å²) in [6.07, 6.45) is 3.57. The van der Waals surface area contributed by atoms with Crippen LogP contribution in [0.3, 0.4) is 0 Å². The van der Waals surface area contributed by atoms with Crippen molar-refractivity contribution in [2.24, 2.45) is 0 Å². The zero-order chi connectivity index (χ0) is 31.9. The number of thioether (sulfide) groups is 1. The van der Waals surface area contributed by atoms with E-state index in [1.165, 1.54) is 0 Å². The Morgan fingerprint density at radius 3 is 1.76 bits per heavy atom. The summed E-state index contributed by atoms with van der Waals surface area (Å²) in [4.78, 5) is 19.1. The van der Waals surface area contributed by atoms with Crippen molar-refractivity contribution in [3.8, 4) is 45.2 Å². The molecule has 0 bridgehead atoms. The second-order valence-corrected chi connectivity index (χ2v) is 13.1. The third kappa shape index (κ3) is 8.11. The SMILES string of the molecule is CS(=O)c1c(Cl)cccc1-c1cc(-c2ccccc2)nc(Cl)n1.CSc1c(Cl)cccc1-c1nc(Cl)cc(-c2ccccc2)n1. The molecule has 6 rings (SSSR count). The second kappa shape index (κ2) is 15.3. The van der Waals surface area contributed by atoms with Crippen molar-refractivity contribution in [1.82, 2.24) is 19.9 Å². The molecule has 0 radical (unpaired) electrons. The van der Waals surface area contributed by atoms with Crippen molar-refractivity contribution in [2.75, 3.05) is 12.5 Å². The fraction of sp³-hybridized carbons (Fsp3) is 0.0588. The number of hydrogen-bond acceptors (Lipinski definition) is 6. The fourth-order valence-corrected chi connectivity index (χ4v) is 7.24. The standard InChI is InChI=1S/C17H12Cl2N2OS.C17H12Cl2N2S/c1-23(22)16-12(8-5-9-13(16)18)15-10-14(20-17(19)21-15)11-6-3-2-4-7-11;1-22-16-12(8-5-9-13(16)18)17-20-14(10-15(19)21-17)11-6-3-2-4-7-11/h2-10H,1H3;2-10H,1H3. The van der Waals surface area contributed by atoms with Crippen molar-refractivity contribution in [2.45, 2.75) is 9.79 Å². The minimum atomic E-state index is -1.25. The van der Waals surface area contributed by atoms with Gasteiger partial charge in [0.05, 0.1) is 42.8 Å². The van der Waals surface area contributed by atoms with E-state index >= 15 is 0 Å². The van der Waals surface area contributed by atoms with E-state index in [9.17, 15) is 4.21 Å². The Morgan fingerprint density at radius 1 is 0.600 bits per heavy atom. The molecule has 11 heteroatoms. The van der Waals surface area contributed by atoms with E-state index in [1.54, 1.807) is 36.2 Å².